The molecule has 10 heteroatoms. The topological polar surface area (TPSA) is 106 Å². The number of carbonyl (C=O) groups is 2. The Morgan fingerprint density at radius 3 is 2.79 bits per heavy atom. The zero-order valence-electron chi connectivity index (χ0n) is 15.1. The van der Waals surface area contributed by atoms with Gasteiger partial charge >= 0.3 is 0 Å². The maximum Gasteiger partial charge on any atom is 0.272 e. The molecule has 0 spiro atoms. The molecule has 2 heterocycles. The molecule has 0 atom stereocenters. The first-order valence-corrected chi connectivity index (χ1v) is 8.71. The summed E-state index contributed by atoms with van der Waals surface area (Å²) in [6, 6.07) is 3.13. The Morgan fingerprint density at radius 1 is 1.32 bits per heavy atom. The highest BCUT2D eigenvalue weighted by Crippen LogP contribution is 2.29. The Bertz CT molecular complexity index is 874. The minimum Gasteiger partial charge on any atom is -0.471 e. The number of nitrogens with one attached hydrogen (secondary N) is 2. The average molecular weight is 391 g/mol. The van der Waals surface area contributed by atoms with Crippen molar-refractivity contribution in [1.29, 1.82) is 0 Å². The van der Waals surface area contributed by atoms with E-state index in [0.29, 0.717) is 11.1 Å². The number of amides is 2. The second kappa shape index (κ2) is 8.68. The number of halogens is 2. The average Bonchev–Trinajstić information content (AvgIpc) is 3.50. The highest BCUT2D eigenvalue weighted by Gasteiger charge is 2.30. The maximum absolute atomic E-state index is 12.3. The molecule has 148 valence electrons. The summed E-state index contributed by atoms with van der Waals surface area (Å²) in [5.74, 6) is -0.373. The number of aromatic nitrogens is 3. The van der Waals surface area contributed by atoms with Gasteiger partial charge in [0.05, 0.1) is 0 Å². The molecule has 1 aliphatic rings. The minimum absolute atomic E-state index is 0.00414. The predicted octanol–water partition coefficient (Wildman–Crippen LogP) is 2.10. The third kappa shape index (κ3) is 5.41. The summed E-state index contributed by atoms with van der Waals surface area (Å²) in [6.45, 7) is 1.12. The number of nitrogens with zero attached hydrogens (tertiary/aromatic N) is 3. The molecule has 0 aromatic carbocycles. The lowest BCUT2D eigenvalue weighted by Crippen LogP contribution is -2.25. The lowest BCUT2D eigenvalue weighted by atomic mass is 10.2. The molecule has 0 radical (unpaired) electrons. The van der Waals surface area contributed by atoms with Crippen LogP contribution in [0.5, 0.6) is 5.88 Å². The summed E-state index contributed by atoms with van der Waals surface area (Å²) in [4.78, 5) is 36.0. The van der Waals surface area contributed by atoms with Gasteiger partial charge in [-0.15, -0.1) is 0 Å². The van der Waals surface area contributed by atoms with Crippen LogP contribution in [0.2, 0.25) is 0 Å². The number of aryl methyl sites for hydroxylation is 1. The van der Waals surface area contributed by atoms with Crippen molar-refractivity contribution in [2.45, 2.75) is 32.7 Å². The van der Waals surface area contributed by atoms with E-state index in [0.717, 1.165) is 12.8 Å². The Labute approximate surface area is 159 Å². The molecule has 28 heavy (non-hydrogen) atoms. The van der Waals surface area contributed by atoms with Crippen molar-refractivity contribution >= 4 is 17.8 Å². The zero-order valence-corrected chi connectivity index (χ0v) is 15.1. The number of anilines is 1. The van der Waals surface area contributed by atoms with E-state index in [9.17, 15) is 18.4 Å². The van der Waals surface area contributed by atoms with Crippen LogP contribution in [0.15, 0.2) is 24.5 Å². The largest absolute Gasteiger partial charge is 0.471 e. The fraction of sp³-hybridized carbons (Fsp3) is 0.389. The fourth-order valence-electron chi connectivity index (χ4n) is 2.39. The second-order valence-corrected chi connectivity index (χ2v) is 6.38. The number of pyridine rings is 1. The normalized spacial score (nSPS) is 13.3. The van der Waals surface area contributed by atoms with Crippen molar-refractivity contribution < 1.29 is 23.1 Å². The summed E-state index contributed by atoms with van der Waals surface area (Å²) in [6.07, 6.45) is 1.96. The van der Waals surface area contributed by atoms with Gasteiger partial charge in [0, 0.05) is 30.4 Å². The summed E-state index contributed by atoms with van der Waals surface area (Å²) in [5, 5.41) is 5.27. The predicted molar refractivity (Wildman–Crippen MR) is 95.0 cm³/mol. The SMILES string of the molecule is Cc1cc(CNC(=O)c2ccnc(NC(=O)C3CC3)n2)cnc1OCC(F)F. The third-order valence-corrected chi connectivity index (χ3v) is 3.96. The molecule has 2 aromatic heterocycles. The summed E-state index contributed by atoms with van der Waals surface area (Å²) >= 11 is 0. The minimum atomic E-state index is -2.58. The molecule has 3 rings (SSSR count). The Hall–Kier alpha value is -3.17. The zero-order chi connectivity index (χ0) is 20.1. The highest BCUT2D eigenvalue weighted by atomic mass is 19.3. The van der Waals surface area contributed by atoms with Gasteiger partial charge in [0.15, 0.2) is 6.61 Å². The molecule has 8 nitrogen and oxygen atoms in total. The van der Waals surface area contributed by atoms with E-state index in [-0.39, 0.29) is 35.9 Å². The molecule has 0 unspecified atom stereocenters. The van der Waals surface area contributed by atoms with Crippen molar-refractivity contribution in [3.8, 4) is 5.88 Å². The van der Waals surface area contributed by atoms with Crippen molar-refractivity contribution in [1.82, 2.24) is 20.3 Å². The molecule has 2 aromatic rings. The lowest BCUT2D eigenvalue weighted by molar-refractivity contribution is -0.117. The molecular weight excluding hydrogens is 372 g/mol. The molecule has 2 amide bonds. The fourth-order valence-corrected chi connectivity index (χ4v) is 2.39. The third-order valence-electron chi connectivity index (χ3n) is 3.96. The second-order valence-electron chi connectivity index (χ2n) is 6.38. The molecule has 1 fully saturated rings. The van der Waals surface area contributed by atoms with Crippen LogP contribution in [0.25, 0.3) is 0 Å². The number of hydrogen-bond donors (Lipinski definition) is 2. The van der Waals surface area contributed by atoms with Crippen molar-refractivity contribution in [2.75, 3.05) is 11.9 Å². The first kappa shape index (κ1) is 19.6. The summed E-state index contributed by atoms with van der Waals surface area (Å²) in [5.41, 5.74) is 1.37. The smallest absolute Gasteiger partial charge is 0.272 e. The van der Waals surface area contributed by atoms with Crippen LogP contribution in [0.1, 0.15) is 34.5 Å². The molecule has 2 N–H and O–H groups in total. The quantitative estimate of drug-likeness (QED) is 0.714. The molecule has 0 bridgehead atoms. The monoisotopic (exact) mass is 391 g/mol. The first-order chi connectivity index (χ1) is 13.4. The van der Waals surface area contributed by atoms with Crippen LogP contribution < -0.4 is 15.4 Å². The number of ether oxygens (including phenoxy) is 1. The van der Waals surface area contributed by atoms with Crippen LogP contribution in [0, 0.1) is 12.8 Å². The van der Waals surface area contributed by atoms with Gasteiger partial charge in [0.1, 0.15) is 5.69 Å². The van der Waals surface area contributed by atoms with Gasteiger partial charge in [-0.1, -0.05) is 0 Å². The van der Waals surface area contributed by atoms with E-state index >= 15 is 0 Å². The Morgan fingerprint density at radius 2 is 2.11 bits per heavy atom. The molecule has 1 aliphatic carbocycles. The molecular formula is C18H19F2N5O3. The van der Waals surface area contributed by atoms with Crippen molar-refractivity contribution in [3.05, 3.63) is 41.3 Å². The van der Waals surface area contributed by atoms with E-state index in [1.165, 1.54) is 18.5 Å². The van der Waals surface area contributed by atoms with Crippen molar-refractivity contribution in [3.63, 3.8) is 0 Å². The number of rotatable bonds is 8. The number of alkyl halides is 2. The van der Waals surface area contributed by atoms with Crippen molar-refractivity contribution in [2.24, 2.45) is 5.92 Å². The van der Waals surface area contributed by atoms with E-state index in [2.05, 4.69) is 25.6 Å². The Kier molecular flexibility index (Phi) is 6.07. The van der Waals surface area contributed by atoms with Crippen LogP contribution in [0.4, 0.5) is 14.7 Å². The van der Waals surface area contributed by atoms with Gasteiger partial charge in [-0.3, -0.25) is 14.9 Å². The van der Waals surface area contributed by atoms with Crippen LogP contribution in [-0.2, 0) is 11.3 Å². The van der Waals surface area contributed by atoms with Crippen LogP contribution >= 0.6 is 0 Å². The van der Waals surface area contributed by atoms with E-state index in [1.54, 1.807) is 13.0 Å². The van der Waals surface area contributed by atoms with Gasteiger partial charge in [0.2, 0.25) is 17.7 Å². The lowest BCUT2D eigenvalue weighted by Gasteiger charge is -2.10. The van der Waals surface area contributed by atoms with Gasteiger partial charge in [-0.05, 0) is 37.5 Å². The summed E-state index contributed by atoms with van der Waals surface area (Å²) in [7, 11) is 0. The van der Waals surface area contributed by atoms with E-state index < -0.39 is 18.9 Å². The molecule has 0 saturated heterocycles. The molecule has 0 aliphatic heterocycles. The van der Waals surface area contributed by atoms with Gasteiger partial charge in [-0.25, -0.2) is 23.7 Å². The van der Waals surface area contributed by atoms with Crippen LogP contribution in [-0.4, -0.2) is 39.8 Å². The number of carbonyl (C=O) groups excluding carboxylic acids is 2. The summed E-state index contributed by atoms with van der Waals surface area (Å²) < 4.78 is 29.3. The first-order valence-electron chi connectivity index (χ1n) is 8.71. The van der Waals surface area contributed by atoms with Gasteiger partial charge in [0.25, 0.3) is 12.3 Å². The maximum atomic E-state index is 12.3. The standard InChI is InChI=1S/C18H19F2N5O3/c1-10-6-11(8-23-17(10)28-9-14(19)20)7-22-16(27)13-4-5-21-18(24-13)25-15(26)12-2-3-12/h4-6,8,12,14H,2-3,7,9H2,1H3,(H,22,27)(H,21,24,25,26). The Balaban J connectivity index is 1.56. The number of hydrogen-bond acceptors (Lipinski definition) is 6. The highest BCUT2D eigenvalue weighted by molar-refractivity contribution is 5.94. The molecule has 1 saturated carbocycles. The van der Waals surface area contributed by atoms with Crippen LogP contribution in [0.3, 0.4) is 0 Å². The van der Waals surface area contributed by atoms with E-state index in [4.69, 9.17) is 4.74 Å². The van der Waals surface area contributed by atoms with Gasteiger partial charge in [-0.2, -0.15) is 0 Å². The van der Waals surface area contributed by atoms with E-state index in [1.807, 2.05) is 0 Å². The van der Waals surface area contributed by atoms with Gasteiger partial charge < -0.3 is 10.1 Å².